The lowest BCUT2D eigenvalue weighted by atomic mass is 9.71. The molecular weight excluding hydrogens is 358 g/mol. The molecule has 5 rings (SSSR count). The van der Waals surface area contributed by atoms with Crippen molar-refractivity contribution in [2.75, 3.05) is 27.0 Å². The van der Waals surface area contributed by atoms with Crippen LogP contribution >= 0.6 is 15.9 Å². The predicted molar refractivity (Wildman–Crippen MR) is 90.7 cm³/mol. The Balaban J connectivity index is 1.78. The summed E-state index contributed by atoms with van der Waals surface area (Å²) in [6, 6.07) is 2.22. The van der Waals surface area contributed by atoms with E-state index >= 15 is 0 Å². The summed E-state index contributed by atoms with van der Waals surface area (Å²) < 4.78 is 17.1. The van der Waals surface area contributed by atoms with E-state index in [4.69, 9.17) is 14.2 Å². The summed E-state index contributed by atoms with van der Waals surface area (Å²) >= 11 is 3.87. The van der Waals surface area contributed by atoms with Crippen molar-refractivity contribution >= 4 is 15.9 Å². The summed E-state index contributed by atoms with van der Waals surface area (Å²) in [5.41, 5.74) is 4.28. The summed E-state index contributed by atoms with van der Waals surface area (Å²) in [4.78, 5) is 3.19. The fourth-order valence-electron chi connectivity index (χ4n) is 4.95. The highest BCUT2D eigenvalue weighted by molar-refractivity contribution is 9.09. The summed E-state index contributed by atoms with van der Waals surface area (Å²) in [7, 11) is 1.74. The van der Waals surface area contributed by atoms with E-state index in [0.29, 0.717) is 4.83 Å². The molecule has 1 aliphatic carbocycles. The maximum Gasteiger partial charge on any atom is 0.231 e. The SMILES string of the molecule is COc1c2c(cc3c1OCO3)[C@]13CC(Br)CC=C1CCN3CC2. The van der Waals surface area contributed by atoms with Crippen molar-refractivity contribution in [3.05, 3.63) is 28.8 Å². The van der Waals surface area contributed by atoms with Crippen LogP contribution in [0.25, 0.3) is 0 Å². The van der Waals surface area contributed by atoms with E-state index in [1.165, 1.54) is 17.5 Å². The molecule has 1 aromatic rings. The van der Waals surface area contributed by atoms with Gasteiger partial charge in [-0.3, -0.25) is 4.90 Å². The molecule has 3 aliphatic heterocycles. The molecule has 0 amide bonds. The molecule has 1 aromatic carbocycles. The normalized spacial score (nSPS) is 31.2. The lowest BCUT2D eigenvalue weighted by Crippen LogP contribution is -2.49. The van der Waals surface area contributed by atoms with Gasteiger partial charge in [0, 0.05) is 23.5 Å². The summed E-state index contributed by atoms with van der Waals surface area (Å²) in [6.07, 6.45) is 6.89. The first-order chi connectivity index (χ1) is 11.2. The minimum absolute atomic E-state index is 0.0221. The Morgan fingerprint density at radius 1 is 1.30 bits per heavy atom. The number of benzene rings is 1. The first kappa shape index (κ1) is 14.2. The van der Waals surface area contributed by atoms with Gasteiger partial charge in [0.1, 0.15) is 0 Å². The average molecular weight is 378 g/mol. The molecule has 0 aromatic heterocycles. The Bertz CT molecular complexity index is 717. The molecule has 4 aliphatic rings. The van der Waals surface area contributed by atoms with Crippen LogP contribution in [0.3, 0.4) is 0 Å². The van der Waals surface area contributed by atoms with Gasteiger partial charge in [0.05, 0.1) is 12.6 Å². The quantitative estimate of drug-likeness (QED) is 0.554. The van der Waals surface area contributed by atoms with Crippen LogP contribution in [-0.4, -0.2) is 36.7 Å². The zero-order valence-corrected chi connectivity index (χ0v) is 14.8. The molecule has 23 heavy (non-hydrogen) atoms. The largest absolute Gasteiger partial charge is 0.492 e. The molecule has 4 nitrogen and oxygen atoms in total. The summed E-state index contributed by atoms with van der Waals surface area (Å²) in [6.45, 7) is 2.52. The Labute approximate surface area is 144 Å². The maximum absolute atomic E-state index is 5.75. The second kappa shape index (κ2) is 4.90. The van der Waals surface area contributed by atoms with Gasteiger partial charge in [0.15, 0.2) is 11.5 Å². The molecule has 1 unspecified atom stereocenters. The highest BCUT2D eigenvalue weighted by Gasteiger charge is 2.52. The third-order valence-corrected chi connectivity index (χ3v) is 6.56. The van der Waals surface area contributed by atoms with Crippen molar-refractivity contribution in [3.8, 4) is 17.2 Å². The Kier molecular flexibility index (Phi) is 3.02. The third kappa shape index (κ3) is 1.75. The molecule has 0 N–H and O–H groups in total. The number of alkyl halides is 1. The molecule has 0 radical (unpaired) electrons. The van der Waals surface area contributed by atoms with Crippen LogP contribution in [0.4, 0.5) is 0 Å². The summed E-state index contributed by atoms with van der Waals surface area (Å²) in [5.74, 6) is 2.50. The first-order valence-electron chi connectivity index (χ1n) is 8.32. The minimum atomic E-state index is 0.0221. The van der Waals surface area contributed by atoms with E-state index < -0.39 is 0 Å². The van der Waals surface area contributed by atoms with Gasteiger partial charge in [0.2, 0.25) is 12.5 Å². The minimum Gasteiger partial charge on any atom is -0.492 e. The van der Waals surface area contributed by atoms with E-state index in [1.807, 2.05) is 0 Å². The van der Waals surface area contributed by atoms with Gasteiger partial charge in [-0.2, -0.15) is 0 Å². The van der Waals surface area contributed by atoms with E-state index in [9.17, 15) is 0 Å². The highest BCUT2D eigenvalue weighted by atomic mass is 79.9. The number of hydrogen-bond donors (Lipinski definition) is 0. The first-order valence-corrected chi connectivity index (χ1v) is 9.24. The molecule has 1 saturated heterocycles. The number of allylic oxidation sites excluding steroid dienone is 1. The van der Waals surface area contributed by atoms with Crippen LogP contribution in [-0.2, 0) is 12.0 Å². The fourth-order valence-corrected chi connectivity index (χ4v) is 5.60. The van der Waals surface area contributed by atoms with Gasteiger partial charge < -0.3 is 14.2 Å². The Hall–Kier alpha value is -1.20. The molecule has 1 fully saturated rings. The molecule has 0 bridgehead atoms. The molecule has 5 heteroatoms. The Morgan fingerprint density at radius 2 is 2.17 bits per heavy atom. The standard InChI is InChI=1S/C18H20BrNO3/c1-21-16-13-5-7-20-6-4-11-2-3-12(19)9-18(11,20)14(13)8-15-17(16)23-10-22-15/h2,8,12H,3-7,9-10H2,1H3/t12?,18-/m0/s1. The molecule has 0 saturated carbocycles. The number of halogens is 1. The number of ether oxygens (including phenoxy) is 3. The number of fused-ring (bicyclic) bond motifs is 2. The molecule has 122 valence electrons. The highest BCUT2D eigenvalue weighted by Crippen LogP contribution is 2.57. The van der Waals surface area contributed by atoms with Gasteiger partial charge in [-0.05, 0) is 42.9 Å². The average Bonchev–Trinajstić information content (AvgIpc) is 3.16. The van der Waals surface area contributed by atoms with Gasteiger partial charge >= 0.3 is 0 Å². The molecule has 2 atom stereocenters. The van der Waals surface area contributed by atoms with E-state index in [2.05, 4.69) is 33.0 Å². The van der Waals surface area contributed by atoms with Crippen LogP contribution in [0, 0.1) is 0 Å². The molecular formula is C18H20BrNO3. The fraction of sp³-hybridized carbons (Fsp3) is 0.556. The van der Waals surface area contributed by atoms with E-state index in [0.717, 1.165) is 49.6 Å². The van der Waals surface area contributed by atoms with Crippen molar-refractivity contribution in [1.29, 1.82) is 0 Å². The topological polar surface area (TPSA) is 30.9 Å². The molecule has 1 spiro atoms. The van der Waals surface area contributed by atoms with Crippen LogP contribution in [0.15, 0.2) is 17.7 Å². The lowest BCUT2D eigenvalue weighted by molar-refractivity contribution is 0.133. The van der Waals surface area contributed by atoms with Gasteiger partial charge in [-0.1, -0.05) is 22.0 Å². The van der Waals surface area contributed by atoms with Crippen molar-refractivity contribution in [3.63, 3.8) is 0 Å². The van der Waals surface area contributed by atoms with Crippen LogP contribution in [0.5, 0.6) is 17.2 Å². The van der Waals surface area contributed by atoms with Gasteiger partial charge in [-0.25, -0.2) is 0 Å². The van der Waals surface area contributed by atoms with Crippen molar-refractivity contribution in [1.82, 2.24) is 4.90 Å². The van der Waals surface area contributed by atoms with E-state index in [-0.39, 0.29) is 12.3 Å². The second-order valence-electron chi connectivity index (χ2n) is 6.78. The van der Waals surface area contributed by atoms with Crippen molar-refractivity contribution in [2.24, 2.45) is 0 Å². The van der Waals surface area contributed by atoms with Gasteiger partial charge in [0.25, 0.3) is 0 Å². The molecule has 3 heterocycles. The van der Waals surface area contributed by atoms with Crippen LogP contribution in [0.1, 0.15) is 30.4 Å². The van der Waals surface area contributed by atoms with Gasteiger partial charge in [-0.15, -0.1) is 0 Å². The predicted octanol–water partition coefficient (Wildman–Crippen LogP) is 3.36. The summed E-state index contributed by atoms with van der Waals surface area (Å²) in [5, 5.41) is 0. The van der Waals surface area contributed by atoms with E-state index in [1.54, 1.807) is 12.7 Å². The number of hydrogen-bond acceptors (Lipinski definition) is 4. The van der Waals surface area contributed by atoms with Crippen LogP contribution in [0.2, 0.25) is 0 Å². The lowest BCUT2D eigenvalue weighted by Gasteiger charge is -2.47. The Morgan fingerprint density at radius 3 is 3.04 bits per heavy atom. The third-order valence-electron chi connectivity index (χ3n) is 5.86. The smallest absolute Gasteiger partial charge is 0.231 e. The number of nitrogens with zero attached hydrogens (tertiary/aromatic N) is 1. The second-order valence-corrected chi connectivity index (χ2v) is 8.08. The van der Waals surface area contributed by atoms with Crippen molar-refractivity contribution < 1.29 is 14.2 Å². The zero-order valence-electron chi connectivity index (χ0n) is 13.2. The number of methoxy groups -OCH3 is 1. The zero-order chi connectivity index (χ0) is 15.6. The monoisotopic (exact) mass is 377 g/mol. The van der Waals surface area contributed by atoms with Crippen molar-refractivity contribution in [2.45, 2.75) is 36.0 Å². The number of rotatable bonds is 1. The maximum atomic E-state index is 5.75. The van der Waals surface area contributed by atoms with Crippen LogP contribution < -0.4 is 14.2 Å².